The van der Waals surface area contributed by atoms with Crippen molar-refractivity contribution < 1.29 is 9.66 Å². The van der Waals surface area contributed by atoms with Crippen LogP contribution >= 0.6 is 15.9 Å². The highest BCUT2D eigenvalue weighted by Gasteiger charge is 2.29. The molecule has 0 heterocycles. The summed E-state index contributed by atoms with van der Waals surface area (Å²) in [5, 5.41) is 14.1. The predicted molar refractivity (Wildman–Crippen MR) is 76.0 cm³/mol. The maximum Gasteiger partial charge on any atom is 0.276 e. The fourth-order valence-corrected chi connectivity index (χ4v) is 2.65. The first-order chi connectivity index (χ1) is 9.10. The van der Waals surface area contributed by atoms with Gasteiger partial charge in [-0.25, -0.2) is 0 Å². The number of nitrogens with zero attached hydrogens (tertiary/aromatic N) is 1. The summed E-state index contributed by atoms with van der Waals surface area (Å²) in [6.07, 6.45) is 2.30. The van der Waals surface area contributed by atoms with Crippen LogP contribution in [0.2, 0.25) is 0 Å². The van der Waals surface area contributed by atoms with Gasteiger partial charge in [-0.15, -0.1) is 0 Å². The van der Waals surface area contributed by atoms with E-state index in [2.05, 4.69) is 21.2 Å². The van der Waals surface area contributed by atoms with E-state index in [0.717, 1.165) is 19.4 Å². The zero-order valence-corrected chi connectivity index (χ0v) is 12.4. The molecule has 1 aliphatic rings. The number of halogens is 1. The number of ether oxygens (including phenoxy) is 1. The standard InChI is InChI=1S/C13H17BrN2O3/c1-15-7-9-4-12(5-9)19-8-10-2-3-11(14)6-13(10)16(17)18/h2-3,6,9,12,15H,4-5,7-8H2,1H3. The monoisotopic (exact) mass is 328 g/mol. The van der Waals surface area contributed by atoms with Gasteiger partial charge in [0, 0.05) is 10.5 Å². The Hall–Kier alpha value is -0.980. The molecule has 0 aliphatic heterocycles. The van der Waals surface area contributed by atoms with Gasteiger partial charge < -0.3 is 10.1 Å². The molecule has 19 heavy (non-hydrogen) atoms. The van der Waals surface area contributed by atoms with Crippen LogP contribution < -0.4 is 5.32 Å². The minimum absolute atomic E-state index is 0.112. The molecule has 1 aromatic carbocycles. The molecule has 0 spiro atoms. The van der Waals surface area contributed by atoms with Gasteiger partial charge in [-0.3, -0.25) is 10.1 Å². The summed E-state index contributed by atoms with van der Waals surface area (Å²) in [4.78, 5) is 10.6. The first-order valence-corrected chi connectivity index (χ1v) is 7.08. The number of hydrogen-bond acceptors (Lipinski definition) is 4. The molecule has 0 atom stereocenters. The van der Waals surface area contributed by atoms with Gasteiger partial charge >= 0.3 is 0 Å². The minimum atomic E-state index is -0.367. The number of benzene rings is 1. The van der Waals surface area contributed by atoms with Crippen molar-refractivity contribution in [2.75, 3.05) is 13.6 Å². The SMILES string of the molecule is CNCC1CC(OCc2ccc(Br)cc2[N+](=O)[O-])C1. The molecule has 104 valence electrons. The molecule has 5 nitrogen and oxygen atoms in total. The van der Waals surface area contributed by atoms with Crippen molar-refractivity contribution in [1.29, 1.82) is 0 Å². The largest absolute Gasteiger partial charge is 0.373 e. The highest BCUT2D eigenvalue weighted by Crippen LogP contribution is 2.31. The molecule has 1 saturated carbocycles. The van der Waals surface area contributed by atoms with Crippen molar-refractivity contribution in [3.05, 3.63) is 38.3 Å². The Morgan fingerprint density at radius 2 is 2.26 bits per heavy atom. The quantitative estimate of drug-likeness (QED) is 0.644. The van der Waals surface area contributed by atoms with E-state index in [4.69, 9.17) is 4.74 Å². The first-order valence-electron chi connectivity index (χ1n) is 6.29. The van der Waals surface area contributed by atoms with Crippen LogP contribution in [0.5, 0.6) is 0 Å². The van der Waals surface area contributed by atoms with E-state index in [1.807, 2.05) is 7.05 Å². The fraction of sp³-hybridized carbons (Fsp3) is 0.538. The lowest BCUT2D eigenvalue weighted by Gasteiger charge is -2.35. The van der Waals surface area contributed by atoms with Crippen LogP contribution in [0.4, 0.5) is 5.69 Å². The molecule has 0 amide bonds. The molecule has 0 radical (unpaired) electrons. The Morgan fingerprint density at radius 1 is 1.53 bits per heavy atom. The van der Waals surface area contributed by atoms with Gasteiger partial charge in [0.25, 0.3) is 5.69 Å². The normalized spacial score (nSPS) is 22.0. The number of hydrogen-bond donors (Lipinski definition) is 1. The molecule has 1 aromatic rings. The van der Waals surface area contributed by atoms with Gasteiger partial charge in [-0.05, 0) is 44.5 Å². The summed E-state index contributed by atoms with van der Waals surface area (Å²) in [5.41, 5.74) is 0.741. The van der Waals surface area contributed by atoms with Crippen molar-refractivity contribution in [3.63, 3.8) is 0 Å². The summed E-state index contributed by atoms with van der Waals surface area (Å²) in [5.74, 6) is 0.676. The fourth-order valence-electron chi connectivity index (χ4n) is 2.30. The summed E-state index contributed by atoms with van der Waals surface area (Å²) in [6.45, 7) is 1.32. The van der Waals surface area contributed by atoms with Crippen LogP contribution in [-0.2, 0) is 11.3 Å². The van der Waals surface area contributed by atoms with E-state index >= 15 is 0 Å². The van der Waals surface area contributed by atoms with Gasteiger partial charge in [0.1, 0.15) is 0 Å². The van der Waals surface area contributed by atoms with Crippen molar-refractivity contribution >= 4 is 21.6 Å². The Morgan fingerprint density at radius 3 is 2.89 bits per heavy atom. The third-order valence-corrected chi connectivity index (χ3v) is 3.90. The molecule has 1 fully saturated rings. The van der Waals surface area contributed by atoms with Crippen molar-refractivity contribution in [1.82, 2.24) is 5.32 Å². The molecule has 1 N–H and O–H groups in total. The summed E-state index contributed by atoms with van der Waals surface area (Å²) in [7, 11) is 1.94. The van der Waals surface area contributed by atoms with Crippen LogP contribution in [0.3, 0.4) is 0 Å². The Labute approximate surface area is 120 Å². The summed E-state index contributed by atoms with van der Waals surface area (Å²) in [6, 6.07) is 5.06. The van der Waals surface area contributed by atoms with E-state index in [9.17, 15) is 10.1 Å². The summed E-state index contributed by atoms with van der Waals surface area (Å²) >= 11 is 3.24. The van der Waals surface area contributed by atoms with Crippen molar-refractivity contribution in [2.45, 2.75) is 25.6 Å². The lowest BCUT2D eigenvalue weighted by molar-refractivity contribution is -0.386. The maximum absolute atomic E-state index is 11.0. The molecule has 1 aliphatic carbocycles. The van der Waals surface area contributed by atoms with Gasteiger partial charge in [0.05, 0.1) is 23.2 Å². The topological polar surface area (TPSA) is 64.4 Å². The van der Waals surface area contributed by atoms with Crippen LogP contribution in [-0.4, -0.2) is 24.6 Å². The van der Waals surface area contributed by atoms with Gasteiger partial charge in [-0.2, -0.15) is 0 Å². The number of nitro benzene ring substituents is 1. The first kappa shape index (κ1) is 14.4. The molecule has 0 bridgehead atoms. The second kappa shape index (κ2) is 6.45. The highest BCUT2D eigenvalue weighted by molar-refractivity contribution is 9.10. The van der Waals surface area contributed by atoms with Crippen LogP contribution in [0, 0.1) is 16.0 Å². The van der Waals surface area contributed by atoms with Crippen LogP contribution in [0.15, 0.2) is 22.7 Å². The zero-order chi connectivity index (χ0) is 13.8. The van der Waals surface area contributed by atoms with Gasteiger partial charge in [-0.1, -0.05) is 15.9 Å². The van der Waals surface area contributed by atoms with Crippen LogP contribution in [0.25, 0.3) is 0 Å². The van der Waals surface area contributed by atoms with E-state index in [0.29, 0.717) is 22.6 Å². The van der Waals surface area contributed by atoms with E-state index in [1.54, 1.807) is 12.1 Å². The Kier molecular flexibility index (Phi) is 4.90. The van der Waals surface area contributed by atoms with Crippen LogP contribution in [0.1, 0.15) is 18.4 Å². The Balaban J connectivity index is 1.88. The second-order valence-electron chi connectivity index (χ2n) is 4.86. The lowest BCUT2D eigenvalue weighted by Crippen LogP contribution is -2.36. The average molecular weight is 329 g/mol. The molecular formula is C13H17BrN2O3. The lowest BCUT2D eigenvalue weighted by atomic mass is 9.82. The van der Waals surface area contributed by atoms with E-state index < -0.39 is 0 Å². The highest BCUT2D eigenvalue weighted by atomic mass is 79.9. The molecule has 6 heteroatoms. The number of rotatable bonds is 6. The molecule has 0 aromatic heterocycles. The molecule has 0 saturated heterocycles. The number of nitrogens with one attached hydrogen (secondary N) is 1. The third kappa shape index (κ3) is 3.75. The third-order valence-electron chi connectivity index (χ3n) is 3.40. The maximum atomic E-state index is 11.0. The second-order valence-corrected chi connectivity index (χ2v) is 5.77. The predicted octanol–water partition coefficient (Wildman–Crippen LogP) is 2.87. The summed E-state index contributed by atoms with van der Waals surface area (Å²) < 4.78 is 6.43. The van der Waals surface area contributed by atoms with E-state index in [1.165, 1.54) is 6.07 Å². The Bertz CT molecular complexity index is 461. The smallest absolute Gasteiger partial charge is 0.276 e. The van der Waals surface area contributed by atoms with E-state index in [-0.39, 0.29) is 16.7 Å². The van der Waals surface area contributed by atoms with Gasteiger partial charge in [0.15, 0.2) is 0 Å². The average Bonchev–Trinajstić information content (AvgIpc) is 2.33. The molecular weight excluding hydrogens is 312 g/mol. The minimum Gasteiger partial charge on any atom is -0.373 e. The molecule has 0 unspecified atom stereocenters. The van der Waals surface area contributed by atoms with Gasteiger partial charge in [0.2, 0.25) is 0 Å². The molecule has 2 rings (SSSR count). The van der Waals surface area contributed by atoms with Crippen molar-refractivity contribution in [3.8, 4) is 0 Å². The number of nitro groups is 1. The van der Waals surface area contributed by atoms with Crippen molar-refractivity contribution in [2.24, 2.45) is 5.92 Å². The zero-order valence-electron chi connectivity index (χ0n) is 10.8.